The van der Waals surface area contributed by atoms with E-state index < -0.39 is 0 Å². The van der Waals surface area contributed by atoms with Crippen LogP contribution < -0.4 is 10.6 Å². The molecule has 0 atom stereocenters. The molecule has 1 aliphatic rings. The lowest BCUT2D eigenvalue weighted by Crippen LogP contribution is -2.25. The number of nitrogens with zero attached hydrogens (tertiary/aromatic N) is 2. The molecule has 0 saturated carbocycles. The predicted octanol–water partition coefficient (Wildman–Crippen LogP) is 3.35. The van der Waals surface area contributed by atoms with Gasteiger partial charge in [-0.1, -0.05) is 23.7 Å². The lowest BCUT2D eigenvalue weighted by molar-refractivity contribution is 0.0952. The molecule has 1 aromatic heterocycles. The summed E-state index contributed by atoms with van der Waals surface area (Å²) >= 11 is 6.02. The van der Waals surface area contributed by atoms with Gasteiger partial charge in [0.2, 0.25) is 0 Å². The number of anilines is 1. The van der Waals surface area contributed by atoms with Crippen LogP contribution in [0, 0.1) is 6.92 Å². The largest absolute Gasteiger partial charge is 0.347 e. The number of hydrogen-bond acceptors (Lipinski definition) is 3. The van der Waals surface area contributed by atoms with Crippen LogP contribution in [0.2, 0.25) is 5.02 Å². The number of rotatable bonds is 5. The summed E-state index contributed by atoms with van der Waals surface area (Å²) < 4.78 is 1.85. The predicted molar refractivity (Wildman–Crippen MR) is 102 cm³/mol. The van der Waals surface area contributed by atoms with E-state index in [4.69, 9.17) is 11.6 Å². The average molecular weight is 373 g/mol. The first-order valence-electron chi connectivity index (χ1n) is 8.57. The molecule has 2 aromatic rings. The quantitative estimate of drug-likeness (QED) is 0.790. The first-order chi connectivity index (χ1) is 12.5. The zero-order chi connectivity index (χ0) is 18.7. The van der Waals surface area contributed by atoms with Gasteiger partial charge in [0.1, 0.15) is 5.69 Å². The maximum absolute atomic E-state index is 12.8. The van der Waals surface area contributed by atoms with E-state index in [0.29, 0.717) is 29.5 Å². The van der Waals surface area contributed by atoms with E-state index in [2.05, 4.69) is 22.2 Å². The smallest absolute Gasteiger partial charge is 0.291 e. The van der Waals surface area contributed by atoms with Crippen molar-refractivity contribution < 1.29 is 9.59 Å². The van der Waals surface area contributed by atoms with E-state index in [0.717, 1.165) is 30.5 Å². The summed E-state index contributed by atoms with van der Waals surface area (Å²) in [5.41, 5.74) is 2.66. The topological polar surface area (TPSA) is 76.0 Å². The van der Waals surface area contributed by atoms with Gasteiger partial charge in [-0.2, -0.15) is 0 Å². The molecule has 0 radical (unpaired) electrons. The number of imidazole rings is 1. The van der Waals surface area contributed by atoms with E-state index in [1.54, 1.807) is 18.2 Å². The molecule has 7 heteroatoms. The fourth-order valence-corrected chi connectivity index (χ4v) is 3.23. The van der Waals surface area contributed by atoms with E-state index in [-0.39, 0.29) is 17.6 Å². The minimum atomic E-state index is -0.346. The van der Waals surface area contributed by atoms with Crippen molar-refractivity contribution in [3.8, 4) is 0 Å². The molecule has 0 aliphatic carbocycles. The Morgan fingerprint density at radius 2 is 2.15 bits per heavy atom. The van der Waals surface area contributed by atoms with Gasteiger partial charge in [-0.15, -0.1) is 6.58 Å². The Labute approximate surface area is 157 Å². The maximum atomic E-state index is 12.8. The lowest BCUT2D eigenvalue weighted by Gasteiger charge is -2.17. The zero-order valence-corrected chi connectivity index (χ0v) is 15.4. The van der Waals surface area contributed by atoms with Crippen molar-refractivity contribution in [1.29, 1.82) is 0 Å². The first-order valence-corrected chi connectivity index (χ1v) is 8.95. The third kappa shape index (κ3) is 3.65. The van der Waals surface area contributed by atoms with Gasteiger partial charge < -0.3 is 15.2 Å². The molecular weight excluding hydrogens is 352 g/mol. The van der Waals surface area contributed by atoms with Crippen LogP contribution in [-0.4, -0.2) is 27.9 Å². The number of aromatic nitrogens is 2. The number of nitrogens with one attached hydrogen (secondary N) is 2. The Bertz CT molecular complexity index is 873. The number of carbonyl (C=O) groups excluding carboxylic acids is 2. The van der Waals surface area contributed by atoms with Crippen LogP contribution in [0.15, 0.2) is 30.9 Å². The number of carbonyl (C=O) groups is 2. The average Bonchev–Trinajstić information content (AvgIpc) is 3.02. The van der Waals surface area contributed by atoms with Crippen molar-refractivity contribution in [2.24, 2.45) is 0 Å². The van der Waals surface area contributed by atoms with Gasteiger partial charge in [-0.05, 0) is 43.9 Å². The second kappa shape index (κ2) is 7.74. The summed E-state index contributed by atoms with van der Waals surface area (Å²) in [5.74, 6) is -0.377. The molecule has 2 N–H and O–H groups in total. The molecule has 1 aliphatic heterocycles. The fourth-order valence-electron chi connectivity index (χ4n) is 3.05. The van der Waals surface area contributed by atoms with Gasteiger partial charge in [-0.25, -0.2) is 4.98 Å². The molecule has 26 heavy (non-hydrogen) atoms. The summed E-state index contributed by atoms with van der Waals surface area (Å²) in [5, 5.41) is 6.14. The van der Waals surface area contributed by atoms with Crippen molar-refractivity contribution in [3.63, 3.8) is 0 Å². The highest BCUT2D eigenvalue weighted by atomic mass is 35.5. The molecule has 0 fully saturated rings. The number of hydrogen-bond donors (Lipinski definition) is 2. The molecule has 0 unspecified atom stereocenters. The third-order valence-corrected chi connectivity index (χ3v) is 4.63. The highest BCUT2D eigenvalue weighted by Gasteiger charge is 2.27. The lowest BCUT2D eigenvalue weighted by atomic mass is 10.1. The fraction of sp³-hybridized carbons (Fsp3) is 0.316. The summed E-state index contributed by atoms with van der Waals surface area (Å²) in [6.07, 6.45) is 4.26. The maximum Gasteiger partial charge on any atom is 0.291 e. The monoisotopic (exact) mass is 372 g/mol. The second-order valence-electron chi connectivity index (χ2n) is 6.25. The van der Waals surface area contributed by atoms with Crippen molar-refractivity contribution in [3.05, 3.63) is 58.7 Å². The molecule has 1 aromatic carbocycles. The van der Waals surface area contributed by atoms with Gasteiger partial charge in [0.05, 0.1) is 5.69 Å². The third-order valence-electron chi connectivity index (χ3n) is 4.39. The Hall–Kier alpha value is -2.60. The molecule has 0 spiro atoms. The highest BCUT2D eigenvalue weighted by molar-refractivity contribution is 6.31. The molecule has 2 heterocycles. The van der Waals surface area contributed by atoms with Gasteiger partial charge in [0.15, 0.2) is 5.82 Å². The number of amides is 2. The summed E-state index contributed by atoms with van der Waals surface area (Å²) in [7, 11) is 0. The first kappa shape index (κ1) is 18.2. The van der Waals surface area contributed by atoms with Crippen molar-refractivity contribution in [2.45, 2.75) is 32.7 Å². The van der Waals surface area contributed by atoms with Gasteiger partial charge >= 0.3 is 0 Å². The summed E-state index contributed by atoms with van der Waals surface area (Å²) in [6, 6.07) is 5.31. The Morgan fingerprint density at radius 3 is 2.92 bits per heavy atom. The van der Waals surface area contributed by atoms with Crippen LogP contribution in [0.1, 0.15) is 45.2 Å². The molecule has 136 valence electrons. The van der Waals surface area contributed by atoms with E-state index in [9.17, 15) is 9.59 Å². The van der Waals surface area contributed by atoms with Crippen LogP contribution in [-0.2, 0) is 13.0 Å². The normalized spacial score (nSPS) is 13.0. The van der Waals surface area contributed by atoms with Gasteiger partial charge in [-0.3, -0.25) is 9.59 Å². The summed E-state index contributed by atoms with van der Waals surface area (Å²) in [6.45, 7) is 6.51. The zero-order valence-electron chi connectivity index (χ0n) is 14.6. The molecule has 3 rings (SSSR count). The minimum absolute atomic E-state index is 0.253. The van der Waals surface area contributed by atoms with Crippen LogP contribution in [0.3, 0.4) is 0 Å². The van der Waals surface area contributed by atoms with Crippen LogP contribution >= 0.6 is 11.6 Å². The molecule has 2 amide bonds. The van der Waals surface area contributed by atoms with Crippen molar-refractivity contribution in [1.82, 2.24) is 14.9 Å². The highest BCUT2D eigenvalue weighted by Crippen LogP contribution is 2.24. The standard InChI is InChI=1S/C19H21ClN4O2/c1-3-9-21-18(25)16-15-6-4-5-10-24(15)17(23-16)19(26)22-14-11-13(20)8-7-12(14)2/h3,7-8,11H,1,4-6,9-10H2,2H3,(H,21,25)(H,22,26). The van der Waals surface area contributed by atoms with Crippen LogP contribution in [0.25, 0.3) is 0 Å². The van der Waals surface area contributed by atoms with E-state index in [1.807, 2.05) is 17.6 Å². The van der Waals surface area contributed by atoms with Crippen molar-refractivity contribution >= 4 is 29.1 Å². The molecule has 0 saturated heterocycles. The molecule has 0 bridgehead atoms. The van der Waals surface area contributed by atoms with E-state index in [1.165, 1.54) is 0 Å². The summed E-state index contributed by atoms with van der Waals surface area (Å²) in [4.78, 5) is 29.6. The Morgan fingerprint density at radius 1 is 1.35 bits per heavy atom. The van der Waals surface area contributed by atoms with Crippen LogP contribution in [0.5, 0.6) is 0 Å². The number of halogens is 1. The second-order valence-corrected chi connectivity index (χ2v) is 6.69. The number of benzene rings is 1. The van der Waals surface area contributed by atoms with Gasteiger partial charge in [0.25, 0.3) is 11.8 Å². The van der Waals surface area contributed by atoms with Crippen molar-refractivity contribution in [2.75, 3.05) is 11.9 Å². The molecular formula is C19H21ClN4O2. The molecule has 6 nitrogen and oxygen atoms in total. The Balaban J connectivity index is 1.92. The SMILES string of the molecule is C=CCNC(=O)c1nc(C(=O)Nc2cc(Cl)ccc2C)n2c1CCCC2. The van der Waals surface area contributed by atoms with Gasteiger partial charge in [0, 0.05) is 23.8 Å². The van der Waals surface area contributed by atoms with Crippen LogP contribution in [0.4, 0.5) is 5.69 Å². The number of aryl methyl sites for hydroxylation is 1. The number of fused-ring (bicyclic) bond motifs is 1. The Kier molecular flexibility index (Phi) is 5.42. The van der Waals surface area contributed by atoms with E-state index >= 15 is 0 Å². The minimum Gasteiger partial charge on any atom is -0.347 e.